The van der Waals surface area contributed by atoms with Crippen molar-refractivity contribution >= 4 is 0 Å². The van der Waals surface area contributed by atoms with Crippen molar-refractivity contribution in [3.05, 3.63) is 77.0 Å². The van der Waals surface area contributed by atoms with E-state index in [9.17, 15) is 4.79 Å². The van der Waals surface area contributed by atoms with Gasteiger partial charge in [-0.1, -0.05) is 30.3 Å². The Labute approximate surface area is 122 Å². The summed E-state index contributed by atoms with van der Waals surface area (Å²) in [6.07, 6.45) is 6.70. The minimum Gasteiger partial charge on any atom is -0.328 e. The van der Waals surface area contributed by atoms with Crippen LogP contribution in [-0.4, -0.2) is 14.5 Å². The van der Waals surface area contributed by atoms with Crippen LogP contribution in [0.5, 0.6) is 0 Å². The van der Waals surface area contributed by atoms with Crippen molar-refractivity contribution in [1.82, 2.24) is 14.5 Å². The quantitative estimate of drug-likeness (QED) is 0.800. The number of pyridine rings is 1. The topological polar surface area (TPSA) is 50.7 Å². The fourth-order valence-corrected chi connectivity index (χ4v) is 2.90. The standard InChI is InChI=1S/C17H15N3O/c21-16-7-6-13(11-19-16)17-18-8-9-20(17)15-10-14(15)12-4-2-1-3-5-12/h1-9,11,14-15H,10H2,(H,19,21)/t14-,15+/m0/s1. The first-order valence-corrected chi connectivity index (χ1v) is 7.10. The summed E-state index contributed by atoms with van der Waals surface area (Å²) in [7, 11) is 0. The molecule has 4 heteroatoms. The maximum Gasteiger partial charge on any atom is 0.247 e. The van der Waals surface area contributed by atoms with Crippen molar-refractivity contribution in [3.8, 4) is 11.4 Å². The number of hydrogen-bond donors (Lipinski definition) is 1. The molecular weight excluding hydrogens is 262 g/mol. The van der Waals surface area contributed by atoms with E-state index < -0.39 is 0 Å². The molecule has 1 fully saturated rings. The van der Waals surface area contributed by atoms with Gasteiger partial charge in [-0.2, -0.15) is 0 Å². The summed E-state index contributed by atoms with van der Waals surface area (Å²) < 4.78 is 2.21. The van der Waals surface area contributed by atoms with Crippen LogP contribution in [0.3, 0.4) is 0 Å². The molecule has 104 valence electrons. The van der Waals surface area contributed by atoms with E-state index in [1.807, 2.05) is 24.5 Å². The first-order chi connectivity index (χ1) is 10.3. The summed E-state index contributed by atoms with van der Waals surface area (Å²) in [4.78, 5) is 18.3. The van der Waals surface area contributed by atoms with E-state index in [0.717, 1.165) is 17.8 Å². The zero-order valence-corrected chi connectivity index (χ0v) is 11.4. The smallest absolute Gasteiger partial charge is 0.247 e. The average Bonchev–Trinajstić information content (AvgIpc) is 3.18. The highest BCUT2D eigenvalue weighted by atomic mass is 16.1. The van der Waals surface area contributed by atoms with E-state index in [-0.39, 0.29) is 5.56 Å². The second kappa shape index (κ2) is 4.74. The molecule has 4 rings (SSSR count). The summed E-state index contributed by atoms with van der Waals surface area (Å²) in [6.45, 7) is 0. The van der Waals surface area contributed by atoms with Gasteiger partial charge >= 0.3 is 0 Å². The van der Waals surface area contributed by atoms with Gasteiger partial charge in [0, 0.05) is 42.2 Å². The van der Waals surface area contributed by atoms with Crippen molar-refractivity contribution in [1.29, 1.82) is 0 Å². The summed E-state index contributed by atoms with van der Waals surface area (Å²) in [6, 6.07) is 14.4. The fourth-order valence-electron chi connectivity index (χ4n) is 2.90. The minimum atomic E-state index is -0.0922. The van der Waals surface area contributed by atoms with Gasteiger partial charge in [-0.3, -0.25) is 4.79 Å². The lowest BCUT2D eigenvalue weighted by atomic mass is 10.1. The Morgan fingerprint density at radius 3 is 2.76 bits per heavy atom. The fraction of sp³-hybridized carbons (Fsp3) is 0.176. The van der Waals surface area contributed by atoms with Crippen LogP contribution in [0.4, 0.5) is 0 Å². The normalized spacial score (nSPS) is 20.4. The molecule has 4 nitrogen and oxygen atoms in total. The largest absolute Gasteiger partial charge is 0.328 e. The van der Waals surface area contributed by atoms with Crippen LogP contribution >= 0.6 is 0 Å². The van der Waals surface area contributed by atoms with E-state index in [1.165, 1.54) is 11.6 Å². The highest BCUT2D eigenvalue weighted by Gasteiger charge is 2.40. The number of rotatable bonds is 3. The third kappa shape index (κ3) is 2.18. The summed E-state index contributed by atoms with van der Waals surface area (Å²) in [5, 5.41) is 0. The maximum atomic E-state index is 11.2. The highest BCUT2D eigenvalue weighted by molar-refractivity contribution is 5.54. The predicted octanol–water partition coefficient (Wildman–Crippen LogP) is 2.97. The molecule has 1 N–H and O–H groups in total. The lowest BCUT2D eigenvalue weighted by Crippen LogP contribution is -2.04. The first-order valence-electron chi connectivity index (χ1n) is 7.10. The molecule has 3 aromatic rings. The monoisotopic (exact) mass is 277 g/mol. The molecule has 0 bridgehead atoms. The molecule has 2 atom stereocenters. The van der Waals surface area contributed by atoms with Crippen LogP contribution in [0.15, 0.2) is 65.8 Å². The van der Waals surface area contributed by atoms with Crippen LogP contribution in [0.25, 0.3) is 11.4 Å². The van der Waals surface area contributed by atoms with Gasteiger partial charge in [-0.05, 0) is 18.1 Å². The number of nitrogens with zero attached hydrogens (tertiary/aromatic N) is 2. The van der Waals surface area contributed by atoms with Gasteiger partial charge in [-0.25, -0.2) is 4.98 Å². The predicted molar refractivity (Wildman–Crippen MR) is 81.1 cm³/mol. The summed E-state index contributed by atoms with van der Waals surface area (Å²) in [5.41, 5.74) is 2.23. The molecule has 1 aliphatic rings. The van der Waals surface area contributed by atoms with Crippen LogP contribution in [-0.2, 0) is 0 Å². The molecule has 21 heavy (non-hydrogen) atoms. The Hall–Kier alpha value is -2.62. The van der Waals surface area contributed by atoms with Crippen molar-refractivity contribution in [2.24, 2.45) is 0 Å². The average molecular weight is 277 g/mol. The molecule has 0 saturated heterocycles. The minimum absolute atomic E-state index is 0.0922. The number of hydrogen-bond acceptors (Lipinski definition) is 2. The number of nitrogens with one attached hydrogen (secondary N) is 1. The van der Waals surface area contributed by atoms with Gasteiger partial charge in [0.25, 0.3) is 0 Å². The van der Waals surface area contributed by atoms with E-state index in [2.05, 4.69) is 38.8 Å². The molecule has 0 aliphatic heterocycles. The number of H-pyrrole nitrogens is 1. The Bertz CT molecular complexity index is 799. The highest BCUT2D eigenvalue weighted by Crippen LogP contribution is 2.52. The lowest BCUT2D eigenvalue weighted by Gasteiger charge is -2.07. The van der Waals surface area contributed by atoms with Crippen LogP contribution in [0.1, 0.15) is 23.9 Å². The van der Waals surface area contributed by atoms with Crippen molar-refractivity contribution in [2.45, 2.75) is 18.4 Å². The Morgan fingerprint density at radius 1 is 1.14 bits per heavy atom. The SMILES string of the molecule is O=c1ccc(-c2nccn2[C@@H]2C[C@H]2c2ccccc2)c[nH]1. The Morgan fingerprint density at radius 2 is 2.00 bits per heavy atom. The molecule has 0 spiro atoms. The van der Waals surface area contributed by atoms with Crippen LogP contribution < -0.4 is 5.56 Å². The first kappa shape index (κ1) is 12.1. The molecule has 2 heterocycles. The van der Waals surface area contributed by atoms with Gasteiger partial charge in [0.1, 0.15) is 5.82 Å². The zero-order valence-electron chi connectivity index (χ0n) is 11.4. The van der Waals surface area contributed by atoms with E-state index in [0.29, 0.717) is 12.0 Å². The molecule has 1 saturated carbocycles. The van der Waals surface area contributed by atoms with Crippen molar-refractivity contribution in [3.63, 3.8) is 0 Å². The number of aromatic nitrogens is 3. The van der Waals surface area contributed by atoms with Gasteiger partial charge in [0.2, 0.25) is 5.56 Å². The van der Waals surface area contributed by atoms with Crippen LogP contribution in [0, 0.1) is 0 Å². The molecule has 0 radical (unpaired) electrons. The third-order valence-corrected chi connectivity index (χ3v) is 4.05. The van der Waals surface area contributed by atoms with E-state index >= 15 is 0 Å². The molecule has 0 amide bonds. The van der Waals surface area contributed by atoms with Gasteiger partial charge in [0.05, 0.1) is 0 Å². The van der Waals surface area contributed by atoms with Crippen molar-refractivity contribution < 1.29 is 0 Å². The zero-order chi connectivity index (χ0) is 14.2. The Balaban J connectivity index is 1.65. The third-order valence-electron chi connectivity index (χ3n) is 4.05. The van der Waals surface area contributed by atoms with E-state index in [4.69, 9.17) is 0 Å². The van der Waals surface area contributed by atoms with Crippen molar-refractivity contribution in [2.75, 3.05) is 0 Å². The maximum absolute atomic E-state index is 11.2. The number of aromatic amines is 1. The van der Waals surface area contributed by atoms with E-state index in [1.54, 1.807) is 6.20 Å². The molecule has 1 aromatic carbocycles. The molecule has 1 aliphatic carbocycles. The second-order valence-electron chi connectivity index (χ2n) is 5.42. The number of benzene rings is 1. The lowest BCUT2D eigenvalue weighted by molar-refractivity contribution is 0.724. The van der Waals surface area contributed by atoms with Gasteiger partial charge in [0.15, 0.2) is 0 Å². The van der Waals surface area contributed by atoms with Crippen LogP contribution in [0.2, 0.25) is 0 Å². The summed E-state index contributed by atoms with van der Waals surface area (Å²) >= 11 is 0. The molecular formula is C17H15N3O. The Kier molecular flexibility index (Phi) is 2.74. The van der Waals surface area contributed by atoms with Gasteiger partial charge < -0.3 is 9.55 Å². The second-order valence-corrected chi connectivity index (χ2v) is 5.42. The molecule has 0 unspecified atom stereocenters. The summed E-state index contributed by atoms with van der Waals surface area (Å²) in [5.74, 6) is 1.47. The molecule has 2 aromatic heterocycles. The number of imidazole rings is 1. The van der Waals surface area contributed by atoms with Gasteiger partial charge in [-0.15, -0.1) is 0 Å².